The van der Waals surface area contributed by atoms with Crippen molar-refractivity contribution in [3.8, 4) is 22.9 Å². The molecule has 162 valence electrons. The lowest BCUT2D eigenvalue weighted by Gasteiger charge is -2.27. The molecule has 4 rings (SSSR count). The second-order valence-electron chi connectivity index (χ2n) is 7.99. The lowest BCUT2D eigenvalue weighted by molar-refractivity contribution is 0.286. The van der Waals surface area contributed by atoms with Gasteiger partial charge in [-0.1, -0.05) is 0 Å². The predicted octanol–water partition coefficient (Wildman–Crippen LogP) is 2.90. The van der Waals surface area contributed by atoms with Crippen molar-refractivity contribution in [2.45, 2.75) is 33.4 Å². The van der Waals surface area contributed by atoms with E-state index in [2.05, 4.69) is 46.0 Å². The lowest BCUT2D eigenvalue weighted by atomic mass is 9.92. The Morgan fingerprint density at radius 2 is 1.84 bits per heavy atom. The summed E-state index contributed by atoms with van der Waals surface area (Å²) >= 11 is 0. The van der Waals surface area contributed by atoms with Gasteiger partial charge < -0.3 is 25.8 Å². The summed E-state index contributed by atoms with van der Waals surface area (Å²) in [5.74, 6) is 1.32. The van der Waals surface area contributed by atoms with Crippen LogP contribution < -0.4 is 20.9 Å². The third-order valence-electron chi connectivity index (χ3n) is 5.75. The van der Waals surface area contributed by atoms with Crippen LogP contribution in [0, 0.1) is 13.8 Å². The number of nitrogen functional groups attached to an aromatic ring is 2. The first-order valence-electron chi connectivity index (χ1n) is 10.2. The highest BCUT2D eigenvalue weighted by molar-refractivity contribution is 5.64. The first kappa shape index (κ1) is 20.9. The quantitative estimate of drug-likeness (QED) is 0.648. The molecule has 0 saturated carbocycles. The van der Waals surface area contributed by atoms with Crippen LogP contribution in [0.3, 0.4) is 0 Å². The molecular weight excluding hydrogens is 392 g/mol. The van der Waals surface area contributed by atoms with Crippen molar-refractivity contribution in [1.82, 2.24) is 19.9 Å². The van der Waals surface area contributed by atoms with Crippen molar-refractivity contribution >= 4 is 11.6 Å². The number of aromatic nitrogens is 3. The summed E-state index contributed by atoms with van der Waals surface area (Å²) in [6, 6.07) is 4.35. The van der Waals surface area contributed by atoms with Crippen LogP contribution in [0.1, 0.15) is 27.8 Å². The van der Waals surface area contributed by atoms with Crippen LogP contribution in [0.15, 0.2) is 24.5 Å². The van der Waals surface area contributed by atoms with E-state index in [-0.39, 0.29) is 18.3 Å². The number of methoxy groups -OCH3 is 1. The van der Waals surface area contributed by atoms with Crippen molar-refractivity contribution in [2.75, 3.05) is 32.2 Å². The summed E-state index contributed by atoms with van der Waals surface area (Å²) in [6.07, 6.45) is 4.44. The number of nitrogens with two attached hydrogens (primary N) is 2. The van der Waals surface area contributed by atoms with E-state index in [1.807, 2.05) is 6.92 Å². The van der Waals surface area contributed by atoms with Crippen LogP contribution in [-0.2, 0) is 19.6 Å². The predicted molar refractivity (Wildman–Crippen MR) is 121 cm³/mol. The zero-order valence-electron chi connectivity index (χ0n) is 18.4. The number of aryl methyl sites for hydroxylation is 2. The van der Waals surface area contributed by atoms with Gasteiger partial charge in [-0.25, -0.2) is 15.0 Å². The van der Waals surface area contributed by atoms with Gasteiger partial charge in [0.25, 0.3) is 5.88 Å². The maximum atomic E-state index is 6.06. The highest BCUT2D eigenvalue weighted by Gasteiger charge is 2.18. The van der Waals surface area contributed by atoms with Crippen LogP contribution in [-0.4, -0.2) is 40.6 Å². The van der Waals surface area contributed by atoms with Gasteiger partial charge in [-0.3, -0.25) is 0 Å². The summed E-state index contributed by atoms with van der Waals surface area (Å²) in [6.45, 7) is 6.27. The van der Waals surface area contributed by atoms with Gasteiger partial charge in [-0.05, 0) is 61.7 Å². The molecule has 0 fully saturated rings. The Kier molecular flexibility index (Phi) is 5.65. The Bertz CT molecular complexity index is 1130. The Morgan fingerprint density at radius 1 is 1.06 bits per heavy atom. The number of anilines is 2. The fourth-order valence-corrected chi connectivity index (χ4v) is 4.02. The molecular formula is C23H28N6O2. The van der Waals surface area contributed by atoms with E-state index in [1.54, 1.807) is 19.5 Å². The second-order valence-corrected chi connectivity index (χ2v) is 7.99. The van der Waals surface area contributed by atoms with Crippen LogP contribution >= 0.6 is 0 Å². The molecule has 1 aliphatic heterocycles. The molecule has 3 heterocycles. The fraction of sp³-hybridized carbons (Fsp3) is 0.348. The Labute approximate surface area is 182 Å². The monoisotopic (exact) mass is 420 g/mol. The number of nitrogens with zero attached hydrogens (tertiary/aromatic N) is 4. The molecule has 3 aromatic rings. The standard InChI is InChI=1S/C23H28N6O2/c1-13-7-15(8-16-11-29(3)6-5-17(13)16)19-10-27-22(25)23(28-19)31-12-18-14(2)9-26-21(24)20(18)30-4/h7-10H,5-6,11-12H2,1-4H3,(H2,24,26)(H2,25,27). The normalized spacial score (nSPS) is 13.7. The van der Waals surface area contributed by atoms with E-state index in [0.29, 0.717) is 11.6 Å². The zero-order chi connectivity index (χ0) is 22.1. The summed E-state index contributed by atoms with van der Waals surface area (Å²) in [7, 11) is 3.70. The number of pyridine rings is 1. The lowest BCUT2D eigenvalue weighted by Crippen LogP contribution is -2.27. The zero-order valence-corrected chi connectivity index (χ0v) is 18.4. The number of hydrogen-bond acceptors (Lipinski definition) is 8. The molecule has 8 nitrogen and oxygen atoms in total. The third kappa shape index (κ3) is 4.11. The van der Waals surface area contributed by atoms with E-state index in [0.717, 1.165) is 41.9 Å². The number of likely N-dealkylation sites (N-methyl/N-ethyl adjacent to an activating group) is 1. The molecule has 0 spiro atoms. The second kappa shape index (κ2) is 8.39. The molecule has 2 aromatic heterocycles. The molecule has 1 aromatic carbocycles. The summed E-state index contributed by atoms with van der Waals surface area (Å²) in [5, 5.41) is 0. The third-order valence-corrected chi connectivity index (χ3v) is 5.75. The highest BCUT2D eigenvalue weighted by atomic mass is 16.5. The molecule has 1 aliphatic rings. The van der Waals surface area contributed by atoms with Crippen molar-refractivity contribution in [3.05, 3.63) is 52.3 Å². The average molecular weight is 421 g/mol. The van der Waals surface area contributed by atoms with E-state index in [1.165, 1.54) is 16.7 Å². The van der Waals surface area contributed by atoms with Gasteiger partial charge in [0.05, 0.1) is 19.0 Å². The van der Waals surface area contributed by atoms with Gasteiger partial charge in [-0.15, -0.1) is 0 Å². The van der Waals surface area contributed by atoms with Gasteiger partial charge in [-0.2, -0.15) is 0 Å². The summed E-state index contributed by atoms with van der Waals surface area (Å²) in [5.41, 5.74) is 19.5. The van der Waals surface area contributed by atoms with Gasteiger partial charge in [0.15, 0.2) is 17.4 Å². The van der Waals surface area contributed by atoms with Crippen molar-refractivity contribution in [3.63, 3.8) is 0 Å². The molecule has 0 atom stereocenters. The van der Waals surface area contributed by atoms with E-state index in [4.69, 9.17) is 20.9 Å². The maximum Gasteiger partial charge on any atom is 0.258 e. The fourth-order valence-electron chi connectivity index (χ4n) is 4.02. The van der Waals surface area contributed by atoms with Crippen LogP contribution in [0.2, 0.25) is 0 Å². The van der Waals surface area contributed by atoms with E-state index in [9.17, 15) is 0 Å². The van der Waals surface area contributed by atoms with Gasteiger partial charge in [0.1, 0.15) is 6.61 Å². The molecule has 0 amide bonds. The van der Waals surface area contributed by atoms with Crippen molar-refractivity contribution in [2.24, 2.45) is 0 Å². The molecule has 0 radical (unpaired) electrons. The van der Waals surface area contributed by atoms with Crippen molar-refractivity contribution < 1.29 is 9.47 Å². The molecule has 0 unspecified atom stereocenters. The van der Waals surface area contributed by atoms with Gasteiger partial charge in [0.2, 0.25) is 0 Å². The summed E-state index contributed by atoms with van der Waals surface area (Å²) in [4.78, 5) is 15.4. The SMILES string of the molecule is COc1c(N)ncc(C)c1COc1nc(-c2cc(C)c3c(c2)CN(C)CC3)cnc1N. The molecule has 0 bridgehead atoms. The van der Waals surface area contributed by atoms with Crippen molar-refractivity contribution in [1.29, 1.82) is 0 Å². The average Bonchev–Trinajstić information content (AvgIpc) is 2.74. The Morgan fingerprint density at radius 3 is 2.61 bits per heavy atom. The van der Waals surface area contributed by atoms with Crippen LogP contribution in [0.25, 0.3) is 11.3 Å². The number of hydrogen-bond donors (Lipinski definition) is 2. The van der Waals surface area contributed by atoms with Crippen LogP contribution in [0.4, 0.5) is 11.6 Å². The minimum Gasteiger partial charge on any atom is -0.492 e. The maximum absolute atomic E-state index is 6.06. The molecule has 0 saturated heterocycles. The molecule has 4 N–H and O–H groups in total. The minimum absolute atomic E-state index is 0.193. The van der Waals surface area contributed by atoms with Gasteiger partial charge in [0, 0.05) is 30.4 Å². The number of ether oxygens (including phenoxy) is 2. The number of fused-ring (bicyclic) bond motifs is 1. The minimum atomic E-state index is 0.193. The largest absolute Gasteiger partial charge is 0.492 e. The molecule has 8 heteroatoms. The first-order chi connectivity index (χ1) is 14.9. The highest BCUT2D eigenvalue weighted by Crippen LogP contribution is 2.31. The Balaban J connectivity index is 1.64. The summed E-state index contributed by atoms with van der Waals surface area (Å²) < 4.78 is 11.4. The molecule has 31 heavy (non-hydrogen) atoms. The van der Waals surface area contributed by atoms with E-state index < -0.39 is 0 Å². The van der Waals surface area contributed by atoms with Gasteiger partial charge >= 0.3 is 0 Å². The molecule has 0 aliphatic carbocycles. The number of benzene rings is 1. The Hall–Kier alpha value is -3.39. The first-order valence-corrected chi connectivity index (χ1v) is 10.2. The van der Waals surface area contributed by atoms with Crippen LogP contribution in [0.5, 0.6) is 11.6 Å². The topological polar surface area (TPSA) is 112 Å². The van der Waals surface area contributed by atoms with E-state index >= 15 is 0 Å². The smallest absolute Gasteiger partial charge is 0.258 e. The number of rotatable bonds is 5.